The molecule has 2 nitrogen and oxygen atoms in total. The molecule has 1 aromatic carbocycles. The van der Waals surface area contributed by atoms with Gasteiger partial charge >= 0.3 is 19.5 Å². The molecule has 0 aliphatic heterocycles. The van der Waals surface area contributed by atoms with Gasteiger partial charge in [-0.05, 0) is 42.9 Å². The van der Waals surface area contributed by atoms with E-state index in [9.17, 15) is 9.79 Å². The average molecular weight is 550 g/mol. The van der Waals surface area contributed by atoms with Gasteiger partial charge in [-0.25, -0.2) is 0 Å². The monoisotopic (exact) mass is 548 g/mol. The van der Waals surface area contributed by atoms with Crippen molar-refractivity contribution in [2.75, 3.05) is 0 Å². The van der Waals surface area contributed by atoms with Gasteiger partial charge in [0.15, 0.2) is 0 Å². The van der Waals surface area contributed by atoms with E-state index < -0.39 is 5.69 Å². The Kier molecular flexibility index (Phi) is 21.6. The maximum Gasteiger partial charge on any atom is 2.00 e. The van der Waals surface area contributed by atoms with E-state index >= 15 is 0 Å². The van der Waals surface area contributed by atoms with Crippen molar-refractivity contribution >= 4 is 28.9 Å². The maximum absolute atomic E-state index is 11.8. The Morgan fingerprint density at radius 2 is 1.12 bits per heavy atom. The number of unbranched alkanes of at least 4 members (excludes halogenated alkanes) is 14. The van der Waals surface area contributed by atoms with E-state index in [1.807, 2.05) is 12.1 Å². The molecule has 0 aliphatic carbocycles. The van der Waals surface area contributed by atoms with Crippen LogP contribution in [0.2, 0.25) is 0 Å². The minimum Gasteiger partial charge on any atom is -0.824 e. The molecule has 32 heavy (non-hydrogen) atoms. The van der Waals surface area contributed by atoms with Gasteiger partial charge in [-0.15, -0.1) is 23.2 Å². The minimum atomic E-state index is -3.80. The zero-order valence-electron chi connectivity index (χ0n) is 20.7. The van der Waals surface area contributed by atoms with E-state index in [2.05, 4.69) is 19.9 Å². The first-order valence-corrected chi connectivity index (χ1v) is 16.9. The first-order chi connectivity index (χ1) is 15.0. The van der Waals surface area contributed by atoms with Crippen molar-refractivity contribution in [3.8, 4) is 0 Å². The van der Waals surface area contributed by atoms with E-state index in [-0.39, 0.29) is 19.5 Å². The second kappa shape index (κ2) is 21.1. The molecule has 0 bridgehead atoms. The van der Waals surface area contributed by atoms with E-state index in [4.69, 9.17) is 11.8 Å². The van der Waals surface area contributed by atoms with E-state index in [1.165, 1.54) is 107 Å². The van der Waals surface area contributed by atoms with Gasteiger partial charge in [-0.3, -0.25) is 0 Å². The summed E-state index contributed by atoms with van der Waals surface area (Å²) in [6.45, 7) is 4.51. The van der Waals surface area contributed by atoms with Crippen LogP contribution in [0.5, 0.6) is 0 Å². The van der Waals surface area contributed by atoms with E-state index in [1.54, 1.807) is 0 Å². The largest absolute Gasteiger partial charge is 2.00 e. The third-order valence-corrected chi connectivity index (χ3v) is 8.75. The van der Waals surface area contributed by atoms with Crippen LogP contribution in [0.1, 0.15) is 128 Å². The molecule has 6 heteroatoms. The normalized spacial score (nSPS) is 11.5. The fourth-order valence-electron chi connectivity index (χ4n) is 4.22. The van der Waals surface area contributed by atoms with Crippen LogP contribution in [-0.2, 0) is 44.1 Å². The minimum absolute atomic E-state index is 0. The quantitative estimate of drug-likeness (QED) is 0.0936. The van der Waals surface area contributed by atoms with Gasteiger partial charge in [0.1, 0.15) is 0 Å². The summed E-state index contributed by atoms with van der Waals surface area (Å²) in [5.41, 5.74) is -1.22. The summed E-state index contributed by atoms with van der Waals surface area (Å²) in [7, 11) is 0. The molecule has 0 saturated carbocycles. The molecule has 0 aliphatic rings. The smallest absolute Gasteiger partial charge is 0.824 e. The summed E-state index contributed by atoms with van der Waals surface area (Å²) in [6, 6.07) is 6.15. The Balaban J connectivity index is 0.00000961. The Morgan fingerprint density at radius 1 is 0.688 bits per heavy atom. The summed E-state index contributed by atoms with van der Waals surface area (Å²) in [5.74, 6) is 0. The summed E-state index contributed by atoms with van der Waals surface area (Å²) in [4.78, 5) is 24.4. The van der Waals surface area contributed by atoms with Gasteiger partial charge in [-0.2, -0.15) is 5.69 Å². The topological polar surface area (TPSA) is 46.1 Å². The summed E-state index contributed by atoms with van der Waals surface area (Å²) in [6.07, 6.45) is 22.8. The molecule has 0 saturated heterocycles. The zero-order valence-corrected chi connectivity index (χ0v) is 26.2. The SMILES string of the molecule is CCCCCCCCCCc1cccc(SP([O-])([O-])=S)c1CCCCCCCCCC.[Zn+2]. The molecule has 0 unspecified atom stereocenters. The Bertz CT molecular complexity index is 622. The van der Waals surface area contributed by atoms with Crippen LogP contribution in [0.4, 0.5) is 0 Å². The maximum atomic E-state index is 11.8. The summed E-state index contributed by atoms with van der Waals surface area (Å²) in [5, 5.41) is 0. The van der Waals surface area contributed by atoms with Gasteiger partial charge in [0, 0.05) is 4.90 Å². The molecule has 0 amide bonds. The van der Waals surface area contributed by atoms with Crippen LogP contribution in [0.15, 0.2) is 23.1 Å². The van der Waals surface area contributed by atoms with Gasteiger partial charge in [0.05, 0.1) is 0 Å². The Labute approximate surface area is 220 Å². The van der Waals surface area contributed by atoms with Crippen LogP contribution in [0.3, 0.4) is 0 Å². The standard InChI is InChI=1S/C26H47O2PS2.Zn/c1-3-5-7-9-11-13-15-17-20-24-21-19-23-26(31-29(27,28)30)25(24)22-18-16-14-12-10-8-6-4-2;/h19,21,23H,3-18,20,22H2,1-2H3,(H2,27,28,30);/q;+2/p-2. The molecule has 0 fully saturated rings. The van der Waals surface area contributed by atoms with Gasteiger partial charge in [0.25, 0.3) is 0 Å². The predicted octanol–water partition coefficient (Wildman–Crippen LogP) is 8.09. The Morgan fingerprint density at radius 3 is 1.59 bits per heavy atom. The number of benzene rings is 1. The molecule has 1 rings (SSSR count). The number of aryl methyl sites for hydroxylation is 1. The molecular weight excluding hydrogens is 505 g/mol. The van der Waals surface area contributed by atoms with Crippen molar-refractivity contribution < 1.29 is 29.3 Å². The molecule has 0 N–H and O–H groups in total. The van der Waals surface area contributed by atoms with Crippen LogP contribution in [-0.4, -0.2) is 0 Å². The molecule has 180 valence electrons. The first-order valence-electron chi connectivity index (χ1n) is 12.8. The fraction of sp³-hybridized carbons (Fsp3) is 0.769. The number of rotatable bonds is 20. The second-order valence-electron chi connectivity index (χ2n) is 8.88. The first kappa shape index (κ1) is 32.8. The van der Waals surface area contributed by atoms with Crippen molar-refractivity contribution in [2.24, 2.45) is 0 Å². The zero-order chi connectivity index (χ0) is 22.8. The van der Waals surface area contributed by atoms with Crippen LogP contribution in [0, 0.1) is 0 Å². The van der Waals surface area contributed by atoms with Crippen molar-refractivity contribution in [1.29, 1.82) is 0 Å². The van der Waals surface area contributed by atoms with E-state index in [0.717, 1.165) is 35.5 Å². The van der Waals surface area contributed by atoms with Crippen LogP contribution < -0.4 is 9.79 Å². The van der Waals surface area contributed by atoms with Crippen LogP contribution >= 0.6 is 17.1 Å². The number of hydrogen-bond acceptors (Lipinski definition) is 4. The number of hydrogen-bond donors (Lipinski definition) is 0. The third kappa shape index (κ3) is 17.2. The molecule has 1 aromatic rings. The molecule has 0 spiro atoms. The van der Waals surface area contributed by atoms with Crippen molar-refractivity contribution in [3.05, 3.63) is 29.3 Å². The van der Waals surface area contributed by atoms with Crippen molar-refractivity contribution in [1.82, 2.24) is 0 Å². The molecule has 0 atom stereocenters. The molecular formula is C26H45O2PS2Zn. The van der Waals surface area contributed by atoms with Crippen molar-refractivity contribution in [3.63, 3.8) is 0 Å². The Hall–Kier alpha value is 0.763. The third-order valence-electron chi connectivity index (χ3n) is 6.02. The average Bonchev–Trinajstić information content (AvgIpc) is 2.72. The molecule has 0 aromatic heterocycles. The fourth-order valence-corrected chi connectivity index (χ4v) is 6.90. The van der Waals surface area contributed by atoms with E-state index in [0.29, 0.717) is 0 Å². The van der Waals surface area contributed by atoms with Crippen LogP contribution in [0.25, 0.3) is 0 Å². The van der Waals surface area contributed by atoms with Gasteiger partial charge in [-0.1, -0.05) is 116 Å². The summed E-state index contributed by atoms with van der Waals surface area (Å²) >= 11 is 5.59. The van der Waals surface area contributed by atoms with Crippen molar-refractivity contribution in [2.45, 2.75) is 134 Å². The molecule has 0 radical (unpaired) electrons. The van der Waals surface area contributed by atoms with Gasteiger partial charge in [0.2, 0.25) is 0 Å². The second-order valence-corrected chi connectivity index (χ2v) is 14.5. The van der Waals surface area contributed by atoms with Gasteiger partial charge < -0.3 is 9.79 Å². The summed E-state index contributed by atoms with van der Waals surface area (Å²) < 4.78 is 0. The predicted molar refractivity (Wildman–Crippen MR) is 139 cm³/mol. The molecule has 0 heterocycles.